The van der Waals surface area contributed by atoms with Gasteiger partial charge in [-0.15, -0.1) is 12.6 Å². The number of unbranched alkanes of at least 4 members (excludes halogenated alkanes) is 2. The molecule has 0 saturated carbocycles. The highest BCUT2D eigenvalue weighted by molar-refractivity contribution is 8.11. The van der Waals surface area contributed by atoms with Crippen molar-refractivity contribution in [2.75, 3.05) is 13.2 Å². The average molecular weight is 179 g/mol. The van der Waals surface area contributed by atoms with Crippen molar-refractivity contribution in [3.05, 3.63) is 0 Å². The number of hydrogen-bond donors (Lipinski definition) is 3. The van der Waals surface area contributed by atoms with Crippen molar-refractivity contribution >= 4 is 29.2 Å². The Hall–Kier alpha value is 0.200. The number of nitrogens with one attached hydrogen (secondary N) is 1. The van der Waals surface area contributed by atoms with Gasteiger partial charge in [-0.05, 0) is 19.3 Å². The average Bonchev–Trinajstić information content (AvgIpc) is 1.87. The van der Waals surface area contributed by atoms with E-state index >= 15 is 0 Å². The molecule has 0 aliphatic heterocycles. The van der Waals surface area contributed by atoms with Crippen LogP contribution in [0, 0.1) is 0 Å². The largest absolute Gasteiger partial charge is 0.396 e. The summed E-state index contributed by atoms with van der Waals surface area (Å²) in [6.45, 7) is 1.15. The van der Waals surface area contributed by atoms with Crippen LogP contribution in [0.15, 0.2) is 0 Å². The number of aliphatic hydroxyl groups is 1. The number of rotatable bonds is 5. The molecule has 0 unspecified atom stereocenters. The van der Waals surface area contributed by atoms with Crippen LogP contribution in [0.5, 0.6) is 0 Å². The first-order valence-corrected chi connectivity index (χ1v) is 4.20. The summed E-state index contributed by atoms with van der Waals surface area (Å²) >= 11 is 8.57. The van der Waals surface area contributed by atoms with Gasteiger partial charge in [0.15, 0.2) is 0 Å². The maximum absolute atomic E-state index is 8.41. The van der Waals surface area contributed by atoms with Crippen molar-refractivity contribution < 1.29 is 5.11 Å². The maximum atomic E-state index is 8.41. The van der Waals surface area contributed by atoms with Crippen LogP contribution in [-0.2, 0) is 0 Å². The van der Waals surface area contributed by atoms with Crippen molar-refractivity contribution in [2.24, 2.45) is 0 Å². The van der Waals surface area contributed by atoms with Gasteiger partial charge in [-0.1, -0.05) is 12.2 Å². The highest BCUT2D eigenvalue weighted by Gasteiger charge is 1.88. The zero-order valence-corrected chi connectivity index (χ0v) is 7.55. The molecule has 0 aliphatic carbocycles. The molecule has 0 bridgehead atoms. The van der Waals surface area contributed by atoms with E-state index in [1.54, 1.807) is 0 Å². The summed E-state index contributed by atoms with van der Waals surface area (Å²) in [4.78, 5) is 0. The zero-order chi connectivity index (χ0) is 7.82. The van der Waals surface area contributed by atoms with Crippen LogP contribution in [0.4, 0.5) is 0 Å². The predicted octanol–water partition coefficient (Wildman–Crippen LogP) is 0.953. The lowest BCUT2D eigenvalue weighted by atomic mass is 10.2. The first-order valence-electron chi connectivity index (χ1n) is 3.35. The lowest BCUT2D eigenvalue weighted by Gasteiger charge is -2.00. The lowest BCUT2D eigenvalue weighted by molar-refractivity contribution is 0.283. The van der Waals surface area contributed by atoms with Crippen LogP contribution in [0.2, 0.25) is 0 Å². The Bertz CT molecular complexity index is 97.7. The summed E-state index contributed by atoms with van der Waals surface area (Å²) in [6.07, 6.45) is 2.96. The number of thiocarbonyl (C=S) groups is 1. The minimum atomic E-state index is 0.283. The van der Waals surface area contributed by atoms with E-state index < -0.39 is 0 Å². The molecule has 0 aliphatic rings. The van der Waals surface area contributed by atoms with Gasteiger partial charge in [0.1, 0.15) is 4.32 Å². The summed E-state index contributed by atoms with van der Waals surface area (Å²) in [5.41, 5.74) is 0. The molecule has 0 saturated heterocycles. The monoisotopic (exact) mass is 179 g/mol. The fourth-order valence-electron chi connectivity index (χ4n) is 0.609. The van der Waals surface area contributed by atoms with Crippen molar-refractivity contribution in [1.29, 1.82) is 0 Å². The van der Waals surface area contributed by atoms with E-state index in [4.69, 9.17) is 5.11 Å². The van der Waals surface area contributed by atoms with Gasteiger partial charge < -0.3 is 10.4 Å². The van der Waals surface area contributed by atoms with Crippen molar-refractivity contribution in [3.63, 3.8) is 0 Å². The molecule has 4 heteroatoms. The van der Waals surface area contributed by atoms with Crippen molar-refractivity contribution in [1.82, 2.24) is 5.32 Å². The normalized spacial score (nSPS) is 9.40. The van der Waals surface area contributed by atoms with Gasteiger partial charge in [0.25, 0.3) is 0 Å². The molecule has 0 aromatic heterocycles. The summed E-state index contributed by atoms with van der Waals surface area (Å²) in [6, 6.07) is 0. The Morgan fingerprint density at radius 1 is 1.40 bits per heavy atom. The molecule has 0 fully saturated rings. The quantitative estimate of drug-likeness (QED) is 0.334. The van der Waals surface area contributed by atoms with Gasteiger partial charge in [-0.25, -0.2) is 0 Å². The van der Waals surface area contributed by atoms with Gasteiger partial charge in [0.05, 0.1) is 0 Å². The molecule has 2 N–H and O–H groups in total. The van der Waals surface area contributed by atoms with Gasteiger partial charge in [0, 0.05) is 13.2 Å². The van der Waals surface area contributed by atoms with Gasteiger partial charge in [0.2, 0.25) is 0 Å². The summed E-state index contributed by atoms with van der Waals surface area (Å²) in [5.74, 6) is 0. The van der Waals surface area contributed by atoms with Crippen LogP contribution in [0.25, 0.3) is 0 Å². The maximum Gasteiger partial charge on any atom is 0.130 e. The Morgan fingerprint density at radius 3 is 2.60 bits per heavy atom. The van der Waals surface area contributed by atoms with Crippen LogP contribution < -0.4 is 5.32 Å². The third-order valence-electron chi connectivity index (χ3n) is 1.11. The predicted molar refractivity (Wildman–Crippen MR) is 50.5 cm³/mol. The fourth-order valence-corrected chi connectivity index (χ4v) is 0.823. The van der Waals surface area contributed by atoms with Crippen LogP contribution in [-0.4, -0.2) is 22.6 Å². The molecular formula is C6H13NOS2. The number of aliphatic hydroxyl groups excluding tert-OH is 1. The summed E-state index contributed by atoms with van der Waals surface area (Å²) in [5, 5.41) is 11.3. The van der Waals surface area contributed by atoms with Crippen LogP contribution in [0.1, 0.15) is 19.3 Å². The lowest BCUT2D eigenvalue weighted by Crippen LogP contribution is -2.17. The molecule has 0 heterocycles. The minimum absolute atomic E-state index is 0.283. The van der Waals surface area contributed by atoms with Gasteiger partial charge >= 0.3 is 0 Å². The SMILES string of the molecule is OCCCCCNC(=S)S. The summed E-state index contributed by atoms with van der Waals surface area (Å²) in [7, 11) is 0. The molecule has 0 rings (SSSR count). The standard InChI is InChI=1S/C6H13NOS2/c8-5-3-1-2-4-7-6(9)10/h8H,1-5H2,(H2,7,9,10). The molecule has 10 heavy (non-hydrogen) atoms. The number of hydrogen-bond acceptors (Lipinski definition) is 2. The van der Waals surface area contributed by atoms with Gasteiger partial charge in [-0.3, -0.25) is 0 Å². The summed E-state index contributed by atoms with van der Waals surface area (Å²) < 4.78 is 0.545. The molecule has 2 nitrogen and oxygen atoms in total. The Morgan fingerprint density at radius 2 is 2.10 bits per heavy atom. The minimum Gasteiger partial charge on any atom is -0.396 e. The molecule has 0 atom stereocenters. The molecule has 0 radical (unpaired) electrons. The fraction of sp³-hybridized carbons (Fsp3) is 0.833. The van der Waals surface area contributed by atoms with Crippen molar-refractivity contribution in [2.45, 2.75) is 19.3 Å². The molecule has 0 aromatic rings. The van der Waals surface area contributed by atoms with E-state index in [0.717, 1.165) is 25.8 Å². The van der Waals surface area contributed by atoms with E-state index in [1.165, 1.54) is 0 Å². The molecule has 0 spiro atoms. The second-order valence-electron chi connectivity index (χ2n) is 2.02. The first kappa shape index (κ1) is 10.2. The van der Waals surface area contributed by atoms with Crippen LogP contribution >= 0.6 is 24.8 Å². The van der Waals surface area contributed by atoms with E-state index in [0.29, 0.717) is 4.32 Å². The van der Waals surface area contributed by atoms with Crippen LogP contribution in [0.3, 0.4) is 0 Å². The first-order chi connectivity index (χ1) is 4.77. The molecule has 60 valence electrons. The topological polar surface area (TPSA) is 32.3 Å². The second kappa shape index (κ2) is 7.31. The van der Waals surface area contributed by atoms with E-state index in [-0.39, 0.29) is 6.61 Å². The smallest absolute Gasteiger partial charge is 0.130 e. The third-order valence-corrected chi connectivity index (χ3v) is 1.41. The Labute approximate surface area is 72.4 Å². The zero-order valence-electron chi connectivity index (χ0n) is 5.84. The van der Waals surface area contributed by atoms with E-state index in [1.807, 2.05) is 0 Å². The van der Waals surface area contributed by atoms with E-state index in [9.17, 15) is 0 Å². The molecule has 0 amide bonds. The Balaban J connectivity index is 2.84. The second-order valence-corrected chi connectivity index (χ2v) is 3.17. The van der Waals surface area contributed by atoms with Gasteiger partial charge in [-0.2, -0.15) is 0 Å². The highest BCUT2D eigenvalue weighted by atomic mass is 32.1. The Kier molecular flexibility index (Phi) is 7.45. The molecule has 0 aromatic carbocycles. The highest BCUT2D eigenvalue weighted by Crippen LogP contribution is 1.92. The number of thiol groups is 1. The van der Waals surface area contributed by atoms with Crippen molar-refractivity contribution in [3.8, 4) is 0 Å². The molecular weight excluding hydrogens is 166 g/mol. The third kappa shape index (κ3) is 8.20. The van der Waals surface area contributed by atoms with E-state index in [2.05, 4.69) is 30.2 Å².